The third-order valence-electron chi connectivity index (χ3n) is 6.30. The van der Waals surface area contributed by atoms with Crippen LogP contribution in [0.25, 0.3) is 32.8 Å². The molecule has 0 atom stereocenters. The van der Waals surface area contributed by atoms with Crippen molar-refractivity contribution in [3.63, 3.8) is 0 Å². The van der Waals surface area contributed by atoms with Gasteiger partial charge in [0.05, 0.1) is 17.4 Å². The molecule has 7 heteroatoms. The van der Waals surface area contributed by atoms with E-state index in [2.05, 4.69) is 35.5 Å². The van der Waals surface area contributed by atoms with Gasteiger partial charge in [-0.3, -0.25) is 25.7 Å². The number of nitrogens with zero attached hydrogens (tertiary/aromatic N) is 3. The van der Waals surface area contributed by atoms with Gasteiger partial charge in [0.15, 0.2) is 0 Å². The largest absolute Gasteiger partial charge is 0.360 e. The smallest absolute Gasteiger partial charge is 0.214 e. The highest BCUT2D eigenvalue weighted by atomic mass is 15.4. The first-order valence-electron chi connectivity index (χ1n) is 12.3. The Morgan fingerprint density at radius 2 is 1.55 bits per heavy atom. The number of anilines is 1. The molecule has 0 fully saturated rings. The lowest BCUT2D eigenvalue weighted by atomic mass is 10.1. The number of rotatable bonds is 8. The van der Waals surface area contributed by atoms with Gasteiger partial charge in [-0.05, 0) is 43.3 Å². The van der Waals surface area contributed by atoms with Gasteiger partial charge in [-0.2, -0.15) is 0 Å². The molecule has 2 heterocycles. The lowest BCUT2D eigenvalue weighted by molar-refractivity contribution is 0.749. The molecule has 0 aliphatic carbocycles. The summed E-state index contributed by atoms with van der Waals surface area (Å²) in [5.41, 5.74) is 7.65. The van der Waals surface area contributed by atoms with Crippen molar-refractivity contribution in [3.05, 3.63) is 128 Å². The van der Waals surface area contributed by atoms with E-state index in [1.807, 2.05) is 107 Å². The molecule has 0 saturated carbocycles. The zero-order chi connectivity index (χ0) is 26.5. The molecular formula is C31H29N7. The number of allylic oxidation sites excluding steroid dienone is 4. The molecule has 2 aromatic heterocycles. The Morgan fingerprint density at radius 1 is 0.895 bits per heavy atom. The van der Waals surface area contributed by atoms with Gasteiger partial charge < -0.3 is 5.32 Å². The molecule has 0 saturated heterocycles. The Labute approximate surface area is 221 Å². The highest BCUT2D eigenvalue weighted by Gasteiger charge is 2.24. The Bertz CT molecular complexity index is 1730. The van der Waals surface area contributed by atoms with Crippen molar-refractivity contribution in [1.29, 1.82) is 10.8 Å². The first kappa shape index (κ1) is 24.4. The highest BCUT2D eigenvalue weighted by molar-refractivity contribution is 6.24. The van der Waals surface area contributed by atoms with Crippen molar-refractivity contribution < 1.29 is 0 Å². The predicted molar refractivity (Wildman–Crippen MR) is 160 cm³/mol. The zero-order valence-corrected chi connectivity index (χ0v) is 21.1. The fourth-order valence-corrected chi connectivity index (χ4v) is 4.63. The van der Waals surface area contributed by atoms with Gasteiger partial charge in [-0.1, -0.05) is 73.3 Å². The van der Waals surface area contributed by atoms with Crippen LogP contribution in [0.2, 0.25) is 0 Å². The van der Waals surface area contributed by atoms with Crippen LogP contribution >= 0.6 is 0 Å². The molecule has 0 radical (unpaired) electrons. The summed E-state index contributed by atoms with van der Waals surface area (Å²) in [7, 11) is 0. The molecule has 188 valence electrons. The van der Waals surface area contributed by atoms with E-state index in [4.69, 9.17) is 5.41 Å². The van der Waals surface area contributed by atoms with Crippen LogP contribution in [0.1, 0.15) is 6.92 Å². The Hall–Kier alpha value is -5.30. The fourth-order valence-electron chi connectivity index (χ4n) is 4.63. The van der Waals surface area contributed by atoms with Crippen LogP contribution in [0, 0.1) is 10.8 Å². The standard InChI is InChI=1S/C31H29N7/c1-3-5-15-24(4-2)36(22-32)31(33)37-27-18-11-9-16-25(27)29-26-17-10-12-19-28(26)38(30(29)37)35-21-20-34-23-13-7-6-8-14-23/h3-22,32-35H,2H2,1H3/b5-3-,21-20-,24-15+,32-22?,33-31?. The Kier molecular flexibility index (Phi) is 6.91. The Morgan fingerprint density at radius 3 is 2.24 bits per heavy atom. The summed E-state index contributed by atoms with van der Waals surface area (Å²) in [5, 5.41) is 23.8. The maximum Gasteiger partial charge on any atom is 0.214 e. The van der Waals surface area contributed by atoms with Crippen molar-refractivity contribution in [2.45, 2.75) is 6.92 Å². The van der Waals surface area contributed by atoms with E-state index in [9.17, 15) is 5.41 Å². The first-order chi connectivity index (χ1) is 18.7. The van der Waals surface area contributed by atoms with Crippen molar-refractivity contribution >= 4 is 50.8 Å². The average Bonchev–Trinajstić information content (AvgIpc) is 3.46. The lowest BCUT2D eigenvalue weighted by Crippen LogP contribution is -2.33. The minimum absolute atomic E-state index is 0.110. The van der Waals surface area contributed by atoms with Gasteiger partial charge in [0.1, 0.15) is 5.65 Å². The van der Waals surface area contributed by atoms with Crippen molar-refractivity contribution in [3.8, 4) is 0 Å². The van der Waals surface area contributed by atoms with E-state index in [0.29, 0.717) is 5.70 Å². The molecule has 38 heavy (non-hydrogen) atoms. The number of hydrogen-bond acceptors (Lipinski definition) is 4. The minimum Gasteiger partial charge on any atom is -0.360 e. The van der Waals surface area contributed by atoms with Crippen LogP contribution in [0.3, 0.4) is 0 Å². The molecule has 0 unspecified atom stereocenters. The monoisotopic (exact) mass is 499 g/mol. The van der Waals surface area contributed by atoms with Crippen molar-refractivity contribution in [1.82, 2.24) is 14.1 Å². The molecule has 7 nitrogen and oxygen atoms in total. The molecule has 0 aliphatic heterocycles. The van der Waals surface area contributed by atoms with E-state index in [0.717, 1.165) is 44.9 Å². The average molecular weight is 500 g/mol. The molecular weight excluding hydrogens is 470 g/mol. The third kappa shape index (κ3) is 4.26. The molecule has 5 rings (SSSR count). The summed E-state index contributed by atoms with van der Waals surface area (Å²) in [6, 6.07) is 26.2. The summed E-state index contributed by atoms with van der Waals surface area (Å²) in [6.07, 6.45) is 12.1. The van der Waals surface area contributed by atoms with Crippen LogP contribution in [0.5, 0.6) is 0 Å². The first-order valence-corrected chi connectivity index (χ1v) is 12.3. The number of aromatic nitrogens is 2. The van der Waals surface area contributed by atoms with Gasteiger partial charge in [0.2, 0.25) is 5.96 Å². The van der Waals surface area contributed by atoms with Crippen molar-refractivity contribution in [2.75, 3.05) is 10.7 Å². The normalized spacial score (nSPS) is 12.1. The van der Waals surface area contributed by atoms with Crippen LogP contribution < -0.4 is 10.7 Å². The van der Waals surface area contributed by atoms with E-state index >= 15 is 0 Å². The quantitative estimate of drug-likeness (QED) is 0.103. The second kappa shape index (κ2) is 10.8. The van der Waals surface area contributed by atoms with E-state index < -0.39 is 0 Å². The van der Waals surface area contributed by atoms with E-state index in [-0.39, 0.29) is 5.96 Å². The minimum atomic E-state index is 0.110. The lowest BCUT2D eigenvalue weighted by Gasteiger charge is -2.23. The number of fused-ring (bicyclic) bond motifs is 5. The van der Waals surface area contributed by atoms with Gasteiger partial charge in [0, 0.05) is 39.9 Å². The molecule has 0 bridgehead atoms. The van der Waals surface area contributed by atoms with Gasteiger partial charge in [-0.15, -0.1) is 0 Å². The van der Waals surface area contributed by atoms with Crippen LogP contribution in [-0.2, 0) is 0 Å². The second-order valence-electron chi connectivity index (χ2n) is 8.52. The number of para-hydroxylation sites is 3. The molecule has 3 aromatic carbocycles. The molecule has 4 N–H and O–H groups in total. The van der Waals surface area contributed by atoms with Gasteiger partial charge >= 0.3 is 0 Å². The summed E-state index contributed by atoms with van der Waals surface area (Å²) >= 11 is 0. The van der Waals surface area contributed by atoms with Crippen LogP contribution in [-0.4, -0.2) is 26.4 Å². The second-order valence-corrected chi connectivity index (χ2v) is 8.52. The zero-order valence-electron chi connectivity index (χ0n) is 21.1. The molecule has 5 aromatic rings. The van der Waals surface area contributed by atoms with Crippen LogP contribution in [0.15, 0.2) is 128 Å². The van der Waals surface area contributed by atoms with E-state index in [1.54, 1.807) is 6.08 Å². The number of hydrogen-bond donors (Lipinski definition) is 4. The van der Waals surface area contributed by atoms with Gasteiger partial charge in [0.25, 0.3) is 0 Å². The number of nitrogens with one attached hydrogen (secondary N) is 4. The van der Waals surface area contributed by atoms with Gasteiger partial charge in [-0.25, -0.2) is 4.68 Å². The molecule has 0 spiro atoms. The van der Waals surface area contributed by atoms with Crippen molar-refractivity contribution in [2.24, 2.45) is 0 Å². The Balaban J connectivity index is 1.71. The fraction of sp³-hybridized carbons (Fsp3) is 0.0323. The summed E-state index contributed by atoms with van der Waals surface area (Å²) in [5.74, 6) is 0.110. The SMILES string of the molecule is C=C/C(=C\C=C/C)N(C=N)C(=N)n1c2ccccc2c2c3ccccc3n(N/C=C\Nc3ccccc3)c21. The summed E-state index contributed by atoms with van der Waals surface area (Å²) < 4.78 is 3.85. The van der Waals surface area contributed by atoms with Crippen LogP contribution in [0.4, 0.5) is 5.69 Å². The van der Waals surface area contributed by atoms with E-state index in [1.165, 1.54) is 4.90 Å². The third-order valence-corrected chi connectivity index (χ3v) is 6.30. The maximum absolute atomic E-state index is 9.29. The summed E-state index contributed by atoms with van der Waals surface area (Å²) in [4.78, 5) is 1.51. The summed E-state index contributed by atoms with van der Waals surface area (Å²) in [6.45, 7) is 5.83. The molecule has 0 amide bonds. The molecule has 0 aliphatic rings. The predicted octanol–water partition coefficient (Wildman–Crippen LogP) is 7.21. The number of benzene rings is 3. The maximum atomic E-state index is 9.29. The highest BCUT2D eigenvalue weighted by Crippen LogP contribution is 2.37. The topological polar surface area (TPSA) is 84.9 Å².